The van der Waals surface area contributed by atoms with E-state index >= 15 is 0 Å². The molecule has 0 fully saturated rings. The fraction of sp³-hybridized carbons (Fsp3) is 0.833. The second kappa shape index (κ2) is 4.32. The number of rotatable bonds is 4. The van der Waals surface area contributed by atoms with E-state index < -0.39 is 0 Å². The zero-order valence-corrected chi connectivity index (χ0v) is 5.98. The summed E-state index contributed by atoms with van der Waals surface area (Å²) in [5, 5.41) is 3.08. The van der Waals surface area contributed by atoms with Crippen LogP contribution in [0.2, 0.25) is 0 Å². The first-order valence-electron chi connectivity index (χ1n) is 3.18. The van der Waals surface area contributed by atoms with Gasteiger partial charge >= 0.3 is 0 Å². The number of amides is 1. The molecule has 0 aliphatic rings. The van der Waals surface area contributed by atoms with Crippen LogP contribution in [0.5, 0.6) is 0 Å². The van der Waals surface area contributed by atoms with Gasteiger partial charge in [0.2, 0.25) is 5.91 Å². The van der Waals surface area contributed by atoms with Crippen molar-refractivity contribution in [1.29, 1.82) is 0 Å². The molecule has 0 bridgehead atoms. The average molecular weight is 130 g/mol. The molecule has 3 nitrogen and oxygen atoms in total. The quantitative estimate of drug-likeness (QED) is 0.556. The van der Waals surface area contributed by atoms with E-state index in [1.54, 1.807) is 0 Å². The highest BCUT2D eigenvalue weighted by Gasteiger charge is 2.01. The molecule has 0 saturated heterocycles. The van der Waals surface area contributed by atoms with Crippen molar-refractivity contribution in [2.24, 2.45) is 5.73 Å². The summed E-state index contributed by atoms with van der Waals surface area (Å²) >= 11 is 0. The second-order valence-electron chi connectivity index (χ2n) is 2.13. The van der Waals surface area contributed by atoms with Crippen LogP contribution in [0.15, 0.2) is 0 Å². The van der Waals surface area contributed by atoms with Crippen molar-refractivity contribution in [2.45, 2.75) is 26.3 Å². The third-order valence-corrected chi connectivity index (χ3v) is 1.06. The Morgan fingerprint density at radius 3 is 2.67 bits per heavy atom. The third kappa shape index (κ3) is 5.30. The van der Waals surface area contributed by atoms with Crippen molar-refractivity contribution in [3.8, 4) is 0 Å². The van der Waals surface area contributed by atoms with Crippen LogP contribution in [0, 0.1) is 0 Å². The Balaban J connectivity index is 3.26. The normalized spacial score (nSPS) is 13.1. The Morgan fingerprint density at radius 1 is 1.78 bits per heavy atom. The summed E-state index contributed by atoms with van der Waals surface area (Å²) in [7, 11) is 0. The SMILES string of the molecule is CCNC(C)CC(N)=O. The number of carbonyl (C=O) groups excluding carboxylic acids is 1. The molecular formula is C6H14N2O. The molecule has 54 valence electrons. The fourth-order valence-electron chi connectivity index (χ4n) is 0.722. The lowest BCUT2D eigenvalue weighted by Gasteiger charge is -2.07. The number of carbonyl (C=O) groups is 1. The van der Waals surface area contributed by atoms with Gasteiger partial charge in [-0.1, -0.05) is 6.92 Å². The topological polar surface area (TPSA) is 55.1 Å². The van der Waals surface area contributed by atoms with Crippen molar-refractivity contribution in [3.63, 3.8) is 0 Å². The minimum absolute atomic E-state index is 0.215. The van der Waals surface area contributed by atoms with Gasteiger partial charge in [0, 0.05) is 12.5 Å². The maximum atomic E-state index is 10.3. The maximum Gasteiger partial charge on any atom is 0.218 e. The van der Waals surface area contributed by atoms with Gasteiger partial charge in [-0.15, -0.1) is 0 Å². The summed E-state index contributed by atoms with van der Waals surface area (Å²) in [5.74, 6) is -0.247. The van der Waals surface area contributed by atoms with E-state index in [-0.39, 0.29) is 11.9 Å². The van der Waals surface area contributed by atoms with E-state index in [2.05, 4.69) is 5.32 Å². The summed E-state index contributed by atoms with van der Waals surface area (Å²) in [6.45, 7) is 4.82. The van der Waals surface area contributed by atoms with Crippen molar-refractivity contribution in [2.75, 3.05) is 6.54 Å². The summed E-state index contributed by atoms with van der Waals surface area (Å²) in [6, 6.07) is 0.215. The molecule has 1 amide bonds. The molecule has 1 atom stereocenters. The van der Waals surface area contributed by atoms with Gasteiger partial charge in [0.25, 0.3) is 0 Å². The molecule has 0 heterocycles. The van der Waals surface area contributed by atoms with Crippen LogP contribution in [0.25, 0.3) is 0 Å². The van der Waals surface area contributed by atoms with Gasteiger partial charge in [-0.05, 0) is 13.5 Å². The van der Waals surface area contributed by atoms with Gasteiger partial charge in [0.15, 0.2) is 0 Å². The smallest absolute Gasteiger partial charge is 0.218 e. The van der Waals surface area contributed by atoms with Crippen LogP contribution in [-0.4, -0.2) is 18.5 Å². The molecule has 3 heteroatoms. The lowest BCUT2D eigenvalue weighted by Crippen LogP contribution is -2.30. The summed E-state index contributed by atoms with van der Waals surface area (Å²) < 4.78 is 0. The van der Waals surface area contributed by atoms with E-state index in [1.165, 1.54) is 0 Å². The van der Waals surface area contributed by atoms with Crippen molar-refractivity contribution < 1.29 is 4.79 Å². The molecule has 0 aromatic heterocycles. The number of nitrogens with one attached hydrogen (secondary N) is 1. The Kier molecular flexibility index (Phi) is 4.05. The number of hydrogen-bond donors (Lipinski definition) is 2. The molecule has 0 spiro atoms. The van der Waals surface area contributed by atoms with Crippen molar-refractivity contribution >= 4 is 5.91 Å². The van der Waals surface area contributed by atoms with Gasteiger partial charge in [0.1, 0.15) is 0 Å². The van der Waals surface area contributed by atoms with Crippen LogP contribution >= 0.6 is 0 Å². The zero-order valence-electron chi connectivity index (χ0n) is 5.98. The van der Waals surface area contributed by atoms with E-state index in [0.29, 0.717) is 6.42 Å². The largest absolute Gasteiger partial charge is 0.370 e. The van der Waals surface area contributed by atoms with Gasteiger partial charge in [-0.2, -0.15) is 0 Å². The van der Waals surface area contributed by atoms with E-state index in [0.717, 1.165) is 6.54 Å². The first-order chi connectivity index (χ1) is 4.16. The Hall–Kier alpha value is -0.570. The van der Waals surface area contributed by atoms with Crippen LogP contribution in [-0.2, 0) is 4.79 Å². The van der Waals surface area contributed by atoms with E-state index in [1.807, 2.05) is 13.8 Å². The monoisotopic (exact) mass is 130 g/mol. The summed E-state index contributed by atoms with van der Waals surface area (Å²) in [5.41, 5.74) is 4.94. The molecule has 3 N–H and O–H groups in total. The Morgan fingerprint density at radius 2 is 2.33 bits per heavy atom. The first kappa shape index (κ1) is 8.43. The Bertz CT molecular complexity index is 93.1. The number of hydrogen-bond acceptors (Lipinski definition) is 2. The molecule has 0 aliphatic carbocycles. The first-order valence-corrected chi connectivity index (χ1v) is 3.18. The van der Waals surface area contributed by atoms with Crippen molar-refractivity contribution in [1.82, 2.24) is 5.32 Å². The molecule has 0 aliphatic heterocycles. The predicted octanol–water partition coefficient (Wildman–Crippen LogP) is -0.140. The molecule has 0 radical (unpaired) electrons. The number of primary amides is 1. The van der Waals surface area contributed by atoms with E-state index in [4.69, 9.17) is 5.73 Å². The maximum absolute atomic E-state index is 10.3. The van der Waals surface area contributed by atoms with Gasteiger partial charge in [0.05, 0.1) is 0 Å². The molecule has 1 unspecified atom stereocenters. The highest BCUT2D eigenvalue weighted by Crippen LogP contribution is 1.86. The van der Waals surface area contributed by atoms with Gasteiger partial charge in [-0.3, -0.25) is 4.79 Å². The summed E-state index contributed by atoms with van der Waals surface area (Å²) in [6.07, 6.45) is 0.424. The number of nitrogens with two attached hydrogens (primary N) is 1. The van der Waals surface area contributed by atoms with Crippen LogP contribution in [0.3, 0.4) is 0 Å². The molecule has 0 saturated carbocycles. The molecule has 0 aromatic rings. The van der Waals surface area contributed by atoms with Crippen LogP contribution < -0.4 is 11.1 Å². The third-order valence-electron chi connectivity index (χ3n) is 1.06. The van der Waals surface area contributed by atoms with Crippen LogP contribution in [0.1, 0.15) is 20.3 Å². The van der Waals surface area contributed by atoms with Gasteiger partial charge in [-0.25, -0.2) is 0 Å². The highest BCUT2D eigenvalue weighted by atomic mass is 16.1. The van der Waals surface area contributed by atoms with Crippen molar-refractivity contribution in [3.05, 3.63) is 0 Å². The zero-order chi connectivity index (χ0) is 7.28. The van der Waals surface area contributed by atoms with Crippen LogP contribution in [0.4, 0.5) is 0 Å². The summed E-state index contributed by atoms with van der Waals surface area (Å²) in [4.78, 5) is 10.3. The van der Waals surface area contributed by atoms with Gasteiger partial charge < -0.3 is 11.1 Å². The average Bonchev–Trinajstić information content (AvgIpc) is 1.63. The standard InChI is InChI=1S/C6H14N2O/c1-3-8-5(2)4-6(7)9/h5,8H,3-4H2,1-2H3,(H2,7,9). The lowest BCUT2D eigenvalue weighted by atomic mass is 10.2. The second-order valence-corrected chi connectivity index (χ2v) is 2.13. The highest BCUT2D eigenvalue weighted by molar-refractivity contribution is 5.74. The molecule has 0 aromatic carbocycles. The van der Waals surface area contributed by atoms with E-state index in [9.17, 15) is 4.79 Å². The minimum atomic E-state index is -0.247. The predicted molar refractivity (Wildman–Crippen MR) is 37.0 cm³/mol. The fourth-order valence-corrected chi connectivity index (χ4v) is 0.722. The Labute approximate surface area is 55.6 Å². The molecular weight excluding hydrogens is 116 g/mol. The minimum Gasteiger partial charge on any atom is -0.370 e. The molecule has 9 heavy (non-hydrogen) atoms. The molecule has 0 rings (SSSR count). The lowest BCUT2D eigenvalue weighted by molar-refractivity contribution is -0.118.